The fourth-order valence-electron chi connectivity index (χ4n) is 5.62. The Balaban J connectivity index is 1.48. The third-order valence-electron chi connectivity index (χ3n) is 7.59. The lowest BCUT2D eigenvalue weighted by atomic mass is 10.0. The molecular weight excluding hydrogens is 510 g/mol. The molecule has 1 aliphatic carbocycles. The second kappa shape index (κ2) is 11.6. The zero-order valence-corrected chi connectivity index (χ0v) is 23.3. The quantitative estimate of drug-likeness (QED) is 0.200. The van der Waals surface area contributed by atoms with E-state index in [0.717, 1.165) is 63.4 Å². The molecule has 6 aromatic rings. The molecule has 0 radical (unpaired) electrons. The van der Waals surface area contributed by atoms with Crippen molar-refractivity contribution in [1.82, 2.24) is 4.98 Å². The van der Waals surface area contributed by atoms with Gasteiger partial charge in [-0.3, -0.25) is 0 Å². The second-order valence-electron chi connectivity index (χ2n) is 10.4. The minimum Gasteiger partial charge on any atom is -0.311 e. The summed E-state index contributed by atoms with van der Waals surface area (Å²) >= 11 is 0. The van der Waals surface area contributed by atoms with Crippen LogP contribution in [0.1, 0.15) is 12.8 Å². The summed E-state index contributed by atoms with van der Waals surface area (Å²) in [5.41, 5.74) is 9.63. The Hall–Kier alpha value is -5.41. The van der Waals surface area contributed by atoms with Crippen molar-refractivity contribution in [2.24, 2.45) is 0 Å². The fourth-order valence-corrected chi connectivity index (χ4v) is 5.62. The van der Waals surface area contributed by atoms with E-state index in [1.54, 1.807) is 0 Å². The molecule has 3 heteroatoms. The summed E-state index contributed by atoms with van der Waals surface area (Å²) in [6, 6.07) is 51.2. The van der Waals surface area contributed by atoms with Crippen LogP contribution in [0.5, 0.6) is 0 Å². The van der Waals surface area contributed by atoms with Gasteiger partial charge in [-0.05, 0) is 85.6 Å². The lowest BCUT2D eigenvalue weighted by molar-refractivity contribution is 0.997. The highest BCUT2D eigenvalue weighted by atomic mass is 15.2. The van der Waals surface area contributed by atoms with E-state index in [0.29, 0.717) is 0 Å². The number of aromatic nitrogens is 1. The molecule has 7 rings (SSSR count). The van der Waals surface area contributed by atoms with Crippen LogP contribution in [0.2, 0.25) is 0 Å². The van der Waals surface area contributed by atoms with Gasteiger partial charge in [-0.25, -0.2) is 4.98 Å². The van der Waals surface area contributed by atoms with Crippen molar-refractivity contribution >= 4 is 39.3 Å². The molecule has 3 nitrogen and oxygen atoms in total. The zero-order chi connectivity index (χ0) is 28.1. The van der Waals surface area contributed by atoms with Crippen molar-refractivity contribution < 1.29 is 0 Å². The van der Waals surface area contributed by atoms with Crippen LogP contribution in [0.4, 0.5) is 28.4 Å². The summed E-state index contributed by atoms with van der Waals surface area (Å²) in [6.45, 7) is 0. The summed E-state index contributed by atoms with van der Waals surface area (Å²) in [5.74, 6) is 0. The van der Waals surface area contributed by atoms with Gasteiger partial charge in [-0.1, -0.05) is 91.0 Å². The number of pyridine rings is 1. The number of anilines is 5. The van der Waals surface area contributed by atoms with Gasteiger partial charge in [-0.15, -0.1) is 0 Å². The molecule has 5 aromatic carbocycles. The first-order valence-electron chi connectivity index (χ1n) is 14.5. The minimum atomic E-state index is 0.944. The minimum absolute atomic E-state index is 0.944. The van der Waals surface area contributed by atoms with Crippen LogP contribution in [0.15, 0.2) is 170 Å². The van der Waals surface area contributed by atoms with E-state index in [-0.39, 0.29) is 0 Å². The van der Waals surface area contributed by atoms with Crippen LogP contribution in [-0.4, -0.2) is 4.98 Å². The molecule has 0 aliphatic heterocycles. The number of allylic oxidation sites excluding steroid dienone is 3. The highest BCUT2D eigenvalue weighted by Crippen LogP contribution is 2.42. The maximum atomic E-state index is 5.11. The number of para-hydroxylation sites is 4. The van der Waals surface area contributed by atoms with Crippen LogP contribution in [0.3, 0.4) is 0 Å². The summed E-state index contributed by atoms with van der Waals surface area (Å²) in [7, 11) is 0. The Morgan fingerprint density at radius 2 is 1.05 bits per heavy atom. The highest BCUT2D eigenvalue weighted by molar-refractivity contribution is 5.87. The van der Waals surface area contributed by atoms with Gasteiger partial charge in [-0.2, -0.15) is 0 Å². The predicted octanol–water partition coefficient (Wildman–Crippen LogP) is 10.7. The van der Waals surface area contributed by atoms with Crippen molar-refractivity contribution in [3.63, 3.8) is 0 Å². The van der Waals surface area contributed by atoms with Gasteiger partial charge < -0.3 is 9.80 Å². The fraction of sp³-hybridized carbons (Fsp3) is 0.0513. The number of rotatable bonds is 7. The second-order valence-corrected chi connectivity index (χ2v) is 10.4. The third-order valence-corrected chi connectivity index (χ3v) is 7.59. The Kier molecular flexibility index (Phi) is 7.06. The number of hydrogen-bond donors (Lipinski definition) is 0. The van der Waals surface area contributed by atoms with Crippen LogP contribution in [-0.2, 0) is 0 Å². The topological polar surface area (TPSA) is 19.4 Å². The van der Waals surface area contributed by atoms with Crippen LogP contribution < -0.4 is 9.80 Å². The Morgan fingerprint density at radius 3 is 1.67 bits per heavy atom. The number of nitrogens with zero attached hydrogens (tertiary/aromatic N) is 3. The third kappa shape index (κ3) is 5.21. The van der Waals surface area contributed by atoms with Crippen molar-refractivity contribution in [3.8, 4) is 11.3 Å². The highest BCUT2D eigenvalue weighted by Gasteiger charge is 2.20. The molecule has 202 valence electrons. The molecule has 0 atom stereocenters. The van der Waals surface area contributed by atoms with E-state index in [2.05, 4.69) is 168 Å². The van der Waals surface area contributed by atoms with Crippen LogP contribution in [0.25, 0.3) is 22.2 Å². The number of fused-ring (bicyclic) bond motifs is 1. The molecule has 0 spiro atoms. The van der Waals surface area contributed by atoms with Gasteiger partial charge in [0.1, 0.15) is 0 Å². The molecule has 0 unspecified atom stereocenters. The molecule has 0 saturated heterocycles. The van der Waals surface area contributed by atoms with Gasteiger partial charge in [0.15, 0.2) is 0 Å². The van der Waals surface area contributed by atoms with E-state index in [1.807, 2.05) is 6.07 Å². The van der Waals surface area contributed by atoms with Crippen LogP contribution >= 0.6 is 0 Å². The van der Waals surface area contributed by atoms with E-state index in [1.165, 1.54) is 5.70 Å². The molecule has 1 heterocycles. The molecular formula is C39H31N3. The lowest BCUT2D eigenvalue weighted by Crippen LogP contribution is -2.17. The van der Waals surface area contributed by atoms with Crippen molar-refractivity contribution in [1.29, 1.82) is 0 Å². The molecule has 0 saturated carbocycles. The van der Waals surface area contributed by atoms with Crippen molar-refractivity contribution in [2.75, 3.05) is 9.80 Å². The summed E-state index contributed by atoms with van der Waals surface area (Å²) in [4.78, 5) is 9.79. The average Bonchev–Trinajstić information content (AvgIpc) is 3.07. The van der Waals surface area contributed by atoms with Gasteiger partial charge in [0, 0.05) is 45.1 Å². The summed E-state index contributed by atoms with van der Waals surface area (Å²) in [6.07, 6.45) is 8.92. The van der Waals surface area contributed by atoms with Gasteiger partial charge in [0.05, 0.1) is 11.2 Å². The predicted molar refractivity (Wildman–Crippen MR) is 177 cm³/mol. The SMILES string of the molecule is C1=CC(N(c2ccccc2)c2cc(-c3ccc4ccccc4n3)cc(N(c3ccccc3)c3ccccc3)c2)=CCC1. The zero-order valence-electron chi connectivity index (χ0n) is 23.3. The smallest absolute Gasteiger partial charge is 0.0711 e. The molecule has 1 aromatic heterocycles. The number of benzene rings is 5. The van der Waals surface area contributed by atoms with Gasteiger partial charge in [0.25, 0.3) is 0 Å². The monoisotopic (exact) mass is 541 g/mol. The maximum absolute atomic E-state index is 5.11. The molecule has 0 N–H and O–H groups in total. The lowest BCUT2D eigenvalue weighted by Gasteiger charge is -2.31. The van der Waals surface area contributed by atoms with Gasteiger partial charge in [0.2, 0.25) is 0 Å². The van der Waals surface area contributed by atoms with E-state index in [9.17, 15) is 0 Å². The Bertz CT molecular complexity index is 1840. The largest absolute Gasteiger partial charge is 0.311 e. The average molecular weight is 542 g/mol. The van der Waals surface area contributed by atoms with E-state index in [4.69, 9.17) is 4.98 Å². The van der Waals surface area contributed by atoms with Gasteiger partial charge >= 0.3 is 0 Å². The first kappa shape index (κ1) is 25.6. The maximum Gasteiger partial charge on any atom is 0.0711 e. The Morgan fingerprint density at radius 1 is 0.476 bits per heavy atom. The molecule has 0 amide bonds. The molecule has 42 heavy (non-hydrogen) atoms. The van der Waals surface area contributed by atoms with E-state index >= 15 is 0 Å². The van der Waals surface area contributed by atoms with Crippen molar-refractivity contribution in [2.45, 2.75) is 12.8 Å². The normalized spacial score (nSPS) is 12.6. The van der Waals surface area contributed by atoms with E-state index < -0.39 is 0 Å². The molecule has 1 aliphatic rings. The van der Waals surface area contributed by atoms with Crippen LogP contribution in [0, 0.1) is 0 Å². The Labute approximate surface area is 247 Å². The first-order valence-corrected chi connectivity index (χ1v) is 14.5. The molecule has 0 fully saturated rings. The first-order chi connectivity index (χ1) is 20.8. The van der Waals surface area contributed by atoms with Crippen molar-refractivity contribution in [3.05, 3.63) is 170 Å². The standard InChI is InChI=1S/C39H31N3/c1-5-16-32(17-6-1)41(33-18-7-2-8-19-33)36-27-31(39-26-25-30-15-13-14-24-38(30)40-39)28-37(29-36)42(34-20-9-3-10-21-34)35-22-11-4-12-23-35/h1-3,5-11,13-29H,4,12H2. The number of hydrogen-bond acceptors (Lipinski definition) is 3. The molecule has 0 bridgehead atoms. The summed E-state index contributed by atoms with van der Waals surface area (Å²) < 4.78 is 0. The summed E-state index contributed by atoms with van der Waals surface area (Å²) in [5, 5.41) is 1.14.